The second-order valence-electron chi connectivity index (χ2n) is 5.73. The quantitative estimate of drug-likeness (QED) is 0.892. The summed E-state index contributed by atoms with van der Waals surface area (Å²) >= 11 is 6.00. The molecule has 0 radical (unpaired) electrons. The smallest absolute Gasteiger partial charge is 0.255 e. The van der Waals surface area contributed by atoms with Gasteiger partial charge >= 0.3 is 0 Å². The summed E-state index contributed by atoms with van der Waals surface area (Å²) in [5, 5.41) is 17.3. The number of hydrogen-bond acceptors (Lipinski definition) is 4. The van der Waals surface area contributed by atoms with Crippen LogP contribution in [0.1, 0.15) is 22.5 Å². The van der Waals surface area contributed by atoms with E-state index in [4.69, 9.17) is 16.3 Å². The molecule has 0 aliphatic carbocycles. The van der Waals surface area contributed by atoms with Crippen LogP contribution in [-0.2, 0) is 4.74 Å². The van der Waals surface area contributed by atoms with Crippen LogP contribution >= 0.6 is 11.6 Å². The number of aliphatic hydroxyl groups excluding tert-OH is 1. The lowest BCUT2D eigenvalue weighted by atomic mass is 9.99. The van der Waals surface area contributed by atoms with Crippen molar-refractivity contribution in [3.63, 3.8) is 0 Å². The normalized spacial score (nSPS) is 20.7. The Morgan fingerprint density at radius 1 is 1.57 bits per heavy atom. The SMILES string of the molecule is Cc1c(C(=O)NC2(CO)CCOC2)cnn1-c1cccc(Cl)c1. The van der Waals surface area contributed by atoms with Crippen LogP contribution in [0.2, 0.25) is 5.02 Å². The van der Waals surface area contributed by atoms with Gasteiger partial charge in [0.2, 0.25) is 0 Å². The molecule has 0 spiro atoms. The lowest BCUT2D eigenvalue weighted by Crippen LogP contribution is -2.52. The summed E-state index contributed by atoms with van der Waals surface area (Å²) in [5.41, 5.74) is 1.25. The number of aliphatic hydroxyl groups is 1. The summed E-state index contributed by atoms with van der Waals surface area (Å²) in [6.45, 7) is 2.51. The highest BCUT2D eigenvalue weighted by atomic mass is 35.5. The van der Waals surface area contributed by atoms with Gasteiger partial charge < -0.3 is 15.2 Å². The zero-order valence-corrected chi connectivity index (χ0v) is 13.5. The van der Waals surface area contributed by atoms with E-state index in [0.29, 0.717) is 35.9 Å². The molecule has 2 N–H and O–H groups in total. The van der Waals surface area contributed by atoms with Gasteiger partial charge in [-0.05, 0) is 31.5 Å². The number of nitrogens with zero attached hydrogens (tertiary/aromatic N) is 2. The summed E-state index contributed by atoms with van der Waals surface area (Å²) in [5.74, 6) is -0.268. The zero-order valence-electron chi connectivity index (χ0n) is 12.8. The highest BCUT2D eigenvalue weighted by Crippen LogP contribution is 2.21. The molecule has 0 bridgehead atoms. The van der Waals surface area contributed by atoms with Crippen LogP contribution in [-0.4, -0.2) is 46.2 Å². The summed E-state index contributed by atoms with van der Waals surface area (Å²) in [6, 6.07) is 7.26. The molecule has 6 nitrogen and oxygen atoms in total. The van der Waals surface area contributed by atoms with Crippen molar-refractivity contribution in [2.45, 2.75) is 18.9 Å². The molecular formula is C16H18ClN3O3. The molecule has 1 fully saturated rings. The van der Waals surface area contributed by atoms with E-state index in [0.717, 1.165) is 5.69 Å². The van der Waals surface area contributed by atoms with Crippen molar-refractivity contribution < 1.29 is 14.6 Å². The average molecular weight is 336 g/mol. The van der Waals surface area contributed by atoms with E-state index in [1.54, 1.807) is 16.8 Å². The largest absolute Gasteiger partial charge is 0.394 e. The van der Waals surface area contributed by atoms with E-state index >= 15 is 0 Å². The number of amides is 1. The maximum absolute atomic E-state index is 12.5. The fourth-order valence-electron chi connectivity index (χ4n) is 2.68. The summed E-state index contributed by atoms with van der Waals surface area (Å²) < 4.78 is 6.96. The van der Waals surface area contributed by atoms with E-state index in [-0.39, 0.29) is 12.5 Å². The van der Waals surface area contributed by atoms with Crippen LogP contribution in [0.4, 0.5) is 0 Å². The fourth-order valence-corrected chi connectivity index (χ4v) is 2.86. The monoisotopic (exact) mass is 335 g/mol. The molecule has 23 heavy (non-hydrogen) atoms. The van der Waals surface area contributed by atoms with E-state index in [9.17, 15) is 9.90 Å². The van der Waals surface area contributed by atoms with Crippen molar-refractivity contribution in [2.24, 2.45) is 0 Å². The zero-order chi connectivity index (χ0) is 16.4. The third kappa shape index (κ3) is 3.10. The highest BCUT2D eigenvalue weighted by molar-refractivity contribution is 6.30. The van der Waals surface area contributed by atoms with Crippen LogP contribution in [0.25, 0.3) is 5.69 Å². The molecule has 7 heteroatoms. The van der Waals surface area contributed by atoms with Crippen molar-refractivity contribution in [3.05, 3.63) is 46.7 Å². The van der Waals surface area contributed by atoms with Gasteiger partial charge in [-0.1, -0.05) is 17.7 Å². The van der Waals surface area contributed by atoms with Gasteiger partial charge in [0.05, 0.1) is 41.9 Å². The number of aromatic nitrogens is 2. The molecule has 0 saturated carbocycles. The van der Waals surface area contributed by atoms with Crippen LogP contribution in [0.5, 0.6) is 0 Å². The predicted molar refractivity (Wildman–Crippen MR) is 86.0 cm³/mol. The first-order valence-electron chi connectivity index (χ1n) is 7.36. The molecular weight excluding hydrogens is 318 g/mol. The first-order valence-corrected chi connectivity index (χ1v) is 7.74. The average Bonchev–Trinajstić information content (AvgIpc) is 3.14. The van der Waals surface area contributed by atoms with Gasteiger partial charge in [0.1, 0.15) is 0 Å². The molecule has 122 valence electrons. The van der Waals surface area contributed by atoms with Gasteiger partial charge in [0.25, 0.3) is 5.91 Å². The van der Waals surface area contributed by atoms with Crippen molar-refractivity contribution in [2.75, 3.05) is 19.8 Å². The number of nitrogens with one attached hydrogen (secondary N) is 1. The third-order valence-corrected chi connectivity index (χ3v) is 4.33. The van der Waals surface area contributed by atoms with E-state index in [2.05, 4.69) is 10.4 Å². The first kappa shape index (κ1) is 16.0. The Labute approximate surface area is 139 Å². The Bertz CT molecular complexity index is 723. The van der Waals surface area contributed by atoms with E-state index in [1.807, 2.05) is 19.1 Å². The van der Waals surface area contributed by atoms with Crippen LogP contribution < -0.4 is 5.32 Å². The standard InChI is InChI=1S/C16H18ClN3O3/c1-11-14(15(22)19-16(9-21)5-6-23-10-16)8-18-20(11)13-4-2-3-12(17)7-13/h2-4,7-8,21H,5-6,9-10H2,1H3,(H,19,22). The second kappa shape index (κ2) is 6.31. The Morgan fingerprint density at radius 3 is 3.04 bits per heavy atom. The lowest BCUT2D eigenvalue weighted by molar-refractivity contribution is 0.0789. The number of ether oxygens (including phenoxy) is 1. The van der Waals surface area contributed by atoms with Crippen molar-refractivity contribution >= 4 is 17.5 Å². The molecule has 1 aliphatic rings. The second-order valence-corrected chi connectivity index (χ2v) is 6.17. The van der Waals surface area contributed by atoms with Gasteiger partial charge in [0.15, 0.2) is 0 Å². The molecule has 1 amide bonds. The molecule has 1 aromatic carbocycles. The lowest BCUT2D eigenvalue weighted by Gasteiger charge is -2.26. The minimum Gasteiger partial charge on any atom is -0.394 e. The van der Waals surface area contributed by atoms with Crippen LogP contribution in [0.15, 0.2) is 30.5 Å². The number of carbonyl (C=O) groups excluding carboxylic acids is 1. The van der Waals surface area contributed by atoms with Gasteiger partial charge in [0, 0.05) is 11.6 Å². The minimum absolute atomic E-state index is 0.153. The maximum Gasteiger partial charge on any atom is 0.255 e. The highest BCUT2D eigenvalue weighted by Gasteiger charge is 2.36. The number of halogens is 1. The number of carbonyl (C=O) groups is 1. The number of benzene rings is 1. The molecule has 1 unspecified atom stereocenters. The van der Waals surface area contributed by atoms with Crippen LogP contribution in [0, 0.1) is 6.92 Å². The van der Waals surface area contributed by atoms with Crippen molar-refractivity contribution in [1.29, 1.82) is 0 Å². The van der Waals surface area contributed by atoms with Gasteiger partial charge in [-0.3, -0.25) is 4.79 Å². The van der Waals surface area contributed by atoms with Gasteiger partial charge in [-0.15, -0.1) is 0 Å². The fraction of sp³-hybridized carbons (Fsp3) is 0.375. The molecule has 2 aromatic rings. The summed E-state index contributed by atoms with van der Waals surface area (Å²) in [6.07, 6.45) is 2.11. The van der Waals surface area contributed by atoms with E-state index < -0.39 is 5.54 Å². The van der Waals surface area contributed by atoms with Crippen LogP contribution in [0.3, 0.4) is 0 Å². The molecule has 3 rings (SSSR count). The van der Waals surface area contributed by atoms with Gasteiger partial charge in [-0.25, -0.2) is 4.68 Å². The first-order chi connectivity index (χ1) is 11.0. The predicted octanol–water partition coefficient (Wildman–Crippen LogP) is 1.72. The number of hydrogen-bond donors (Lipinski definition) is 2. The molecule has 2 heterocycles. The maximum atomic E-state index is 12.5. The molecule has 1 saturated heterocycles. The third-order valence-electron chi connectivity index (χ3n) is 4.09. The Morgan fingerprint density at radius 2 is 2.39 bits per heavy atom. The molecule has 1 aliphatic heterocycles. The Kier molecular flexibility index (Phi) is 4.39. The molecule has 1 aromatic heterocycles. The van der Waals surface area contributed by atoms with E-state index in [1.165, 1.54) is 6.20 Å². The Balaban J connectivity index is 1.85. The molecule has 1 atom stereocenters. The van der Waals surface area contributed by atoms with Gasteiger partial charge in [-0.2, -0.15) is 5.10 Å². The number of rotatable bonds is 4. The summed E-state index contributed by atoms with van der Waals surface area (Å²) in [7, 11) is 0. The van der Waals surface area contributed by atoms with Crippen molar-refractivity contribution in [3.8, 4) is 5.69 Å². The Hall–Kier alpha value is -1.89. The topological polar surface area (TPSA) is 76.4 Å². The minimum atomic E-state index is -0.707. The summed E-state index contributed by atoms with van der Waals surface area (Å²) in [4.78, 5) is 12.5. The van der Waals surface area contributed by atoms with Crippen molar-refractivity contribution in [1.82, 2.24) is 15.1 Å².